The molecule has 384 valence electrons. The van der Waals surface area contributed by atoms with Crippen molar-refractivity contribution in [2.75, 3.05) is 113 Å². The third-order valence-corrected chi connectivity index (χ3v) is 15.6. The molecule has 3 aromatic carbocycles. The maximum Gasteiger partial charge on any atom is 0.301 e. The number of anilines is 3. The summed E-state index contributed by atoms with van der Waals surface area (Å²) in [6, 6.07) is 15.5. The Kier molecular flexibility index (Phi) is 14.3. The number of ether oxygens (including phenoxy) is 2. The lowest BCUT2D eigenvalue weighted by Gasteiger charge is -2.36. The number of carbonyl (C=O) groups is 5. The van der Waals surface area contributed by atoms with Gasteiger partial charge in [0.2, 0.25) is 17.6 Å². The van der Waals surface area contributed by atoms with Crippen LogP contribution in [0.4, 0.5) is 30.2 Å². The van der Waals surface area contributed by atoms with E-state index in [1.807, 2.05) is 35.1 Å². The van der Waals surface area contributed by atoms with E-state index in [9.17, 15) is 36.8 Å². The predicted molar refractivity (Wildman–Crippen MR) is 262 cm³/mol. The zero-order chi connectivity index (χ0) is 51.0. The largest absolute Gasteiger partial charge is 0.378 e. The van der Waals surface area contributed by atoms with E-state index in [4.69, 9.17) is 9.47 Å². The molecule has 5 aliphatic rings. The van der Waals surface area contributed by atoms with Gasteiger partial charge < -0.3 is 24.3 Å². The third kappa shape index (κ3) is 10.4. The van der Waals surface area contributed by atoms with Gasteiger partial charge in [-0.15, -0.1) is 0 Å². The highest BCUT2D eigenvalue weighted by Crippen LogP contribution is 2.33. The first-order valence-electron chi connectivity index (χ1n) is 24.2. The first-order chi connectivity index (χ1) is 35.2. The van der Waals surface area contributed by atoms with E-state index >= 15 is 8.78 Å². The van der Waals surface area contributed by atoms with Gasteiger partial charge in [0.1, 0.15) is 23.7 Å². The van der Waals surface area contributed by atoms with E-state index < -0.39 is 81.3 Å². The molecular weight excluding hydrogens is 974 g/mol. The molecule has 0 bridgehead atoms. The van der Waals surface area contributed by atoms with Crippen molar-refractivity contribution in [3.63, 3.8) is 0 Å². The van der Waals surface area contributed by atoms with Crippen molar-refractivity contribution in [2.24, 2.45) is 0 Å². The Labute approximate surface area is 418 Å². The fraction of sp³-hybridized carbons (Fsp3) is 0.400. The van der Waals surface area contributed by atoms with Crippen LogP contribution in [0.1, 0.15) is 55.9 Å². The minimum atomic E-state index is -4.36. The molecule has 7 heterocycles. The molecule has 0 radical (unpaired) electrons. The monoisotopic (exact) mass is 1030 g/mol. The second-order valence-electron chi connectivity index (χ2n) is 18.6. The minimum Gasteiger partial charge on any atom is -0.378 e. The van der Waals surface area contributed by atoms with Gasteiger partial charge in [-0.25, -0.2) is 18.2 Å². The Morgan fingerprint density at radius 3 is 2.19 bits per heavy atom. The number of piperidine rings is 1. The Balaban J connectivity index is 0.638. The normalized spacial score (nSPS) is 20.3. The summed E-state index contributed by atoms with van der Waals surface area (Å²) < 4.78 is 84.9. The van der Waals surface area contributed by atoms with Gasteiger partial charge in [-0.05, 0) is 66.9 Å². The number of nitrogens with one attached hydrogen (secondary N) is 3. The van der Waals surface area contributed by atoms with E-state index in [1.54, 1.807) is 24.4 Å². The van der Waals surface area contributed by atoms with Crippen LogP contribution in [0.3, 0.4) is 0 Å². The number of imide groups is 2. The molecule has 0 aliphatic carbocycles. The van der Waals surface area contributed by atoms with E-state index in [2.05, 4.69) is 34.9 Å². The number of amides is 4. The lowest BCUT2D eigenvalue weighted by molar-refractivity contribution is -0.136. The van der Waals surface area contributed by atoms with Crippen LogP contribution in [0.2, 0.25) is 0 Å². The van der Waals surface area contributed by atoms with Crippen LogP contribution < -0.4 is 19.8 Å². The molecule has 19 nitrogen and oxygen atoms in total. The molecule has 10 rings (SSSR count). The Bertz CT molecular complexity index is 3070. The number of rotatable bonds is 17. The van der Waals surface area contributed by atoms with Crippen molar-refractivity contribution < 1.29 is 55.0 Å². The number of carbonyl (C=O) groups excluding carboxylic acids is 5. The highest BCUT2D eigenvalue weighted by atomic mass is 32.2. The fourth-order valence-electron chi connectivity index (χ4n) is 9.93. The van der Waals surface area contributed by atoms with Crippen molar-refractivity contribution in [3.05, 3.63) is 107 Å². The number of aromatic nitrogens is 2. The number of fused-ring (bicyclic) bond motifs is 2. The lowest BCUT2D eigenvalue weighted by atomic mass is 9.99. The second-order valence-corrected chi connectivity index (χ2v) is 20.3. The molecule has 23 heteroatoms. The highest BCUT2D eigenvalue weighted by Gasteiger charge is 2.45. The van der Waals surface area contributed by atoms with E-state index in [-0.39, 0.29) is 42.5 Å². The predicted octanol–water partition coefficient (Wildman–Crippen LogP) is 3.78. The molecule has 4 saturated heterocycles. The van der Waals surface area contributed by atoms with Crippen molar-refractivity contribution in [2.45, 2.75) is 31.5 Å². The number of hydrogen-bond acceptors (Lipinski definition) is 14. The van der Waals surface area contributed by atoms with Gasteiger partial charge in [0, 0.05) is 119 Å². The van der Waals surface area contributed by atoms with Gasteiger partial charge in [-0.2, -0.15) is 12.7 Å². The smallest absolute Gasteiger partial charge is 0.301 e. The molecule has 2 atom stereocenters. The summed E-state index contributed by atoms with van der Waals surface area (Å²) in [4.78, 5) is 81.4. The van der Waals surface area contributed by atoms with Gasteiger partial charge in [0.25, 0.3) is 11.8 Å². The van der Waals surface area contributed by atoms with E-state index in [0.29, 0.717) is 56.2 Å². The van der Waals surface area contributed by atoms with Gasteiger partial charge in [0.05, 0.1) is 48.9 Å². The van der Waals surface area contributed by atoms with Crippen LogP contribution in [0, 0.1) is 11.6 Å². The molecule has 1 unspecified atom stereocenters. The zero-order valence-electron chi connectivity index (χ0n) is 39.7. The molecule has 0 spiro atoms. The Morgan fingerprint density at radius 2 is 1.47 bits per heavy atom. The summed E-state index contributed by atoms with van der Waals surface area (Å²) in [7, 11) is -4.36. The van der Waals surface area contributed by atoms with Crippen LogP contribution in [0.25, 0.3) is 22.2 Å². The summed E-state index contributed by atoms with van der Waals surface area (Å²) >= 11 is 0. The number of alkyl halides is 1. The second kappa shape index (κ2) is 21.0. The Morgan fingerprint density at radius 1 is 0.767 bits per heavy atom. The Hall–Kier alpha value is -6.76. The summed E-state index contributed by atoms with van der Waals surface area (Å²) in [5, 5.41) is 2.54. The molecule has 5 aliphatic heterocycles. The maximum atomic E-state index is 15.8. The number of ketones is 1. The number of halogens is 3. The summed E-state index contributed by atoms with van der Waals surface area (Å²) in [6.45, 7) is 8.47. The topological polar surface area (TPSA) is 210 Å². The van der Waals surface area contributed by atoms with Crippen LogP contribution in [-0.4, -0.2) is 178 Å². The number of benzene rings is 3. The standard InChI is InChI=1S/C50H53F3N10O9S/c51-33-11-12-62(29-33)73(69,70)57-41-8-7-40(52)44(45(41)53)46(65)39-28-55-47-37(39)25-32(27-54-47)31-1-3-34(4-2-31)60-17-13-58(14-18-60)21-22-71-23-24-72-30-59-15-19-61(20-16-59)35-5-6-36-38(26-35)50(68)63(49(36)67)42-9-10-43(64)56-48(42)66/h1-8,25-28,33,42,57H,9-24,29-30H2,(H,54,55)(H,56,64,66)/t33-,42?/m1/s1. The van der Waals surface area contributed by atoms with Crippen LogP contribution >= 0.6 is 0 Å². The molecule has 4 fully saturated rings. The quantitative estimate of drug-likeness (QED) is 0.0689. The highest BCUT2D eigenvalue weighted by molar-refractivity contribution is 7.90. The number of aromatic amines is 1. The van der Waals surface area contributed by atoms with Gasteiger partial charge >= 0.3 is 10.2 Å². The number of pyridine rings is 1. The number of nitrogens with zero attached hydrogens (tertiary/aromatic N) is 7. The average molecular weight is 1030 g/mol. The van der Waals surface area contributed by atoms with Gasteiger partial charge in [-0.3, -0.25) is 48.7 Å². The maximum absolute atomic E-state index is 15.8. The molecule has 5 aromatic rings. The SMILES string of the molecule is O=C1CCC(N2C(=O)c3ccc(N4CCN(COCCOCCN5CCN(c6ccc(-c7cnc8[nH]cc(C(=O)c9c(F)ccc(NS(=O)(=O)N%10CC[C@@H](F)C%10)c9F)c8c7)cc6)CC5)CC4)cc3C2=O)C(=O)N1. The van der Waals surface area contributed by atoms with Crippen LogP contribution in [0.15, 0.2) is 73.1 Å². The first-order valence-corrected chi connectivity index (χ1v) is 25.6. The first kappa shape index (κ1) is 49.8. The average Bonchev–Trinajstić information content (AvgIpc) is 4.10. The fourth-order valence-corrected chi connectivity index (χ4v) is 11.2. The summed E-state index contributed by atoms with van der Waals surface area (Å²) in [5.41, 5.74) is 2.53. The van der Waals surface area contributed by atoms with Crippen molar-refractivity contribution in [1.29, 1.82) is 0 Å². The summed E-state index contributed by atoms with van der Waals surface area (Å²) in [6.07, 6.45) is 1.76. The van der Waals surface area contributed by atoms with Crippen molar-refractivity contribution in [1.82, 2.24) is 34.3 Å². The number of H-pyrrole nitrogens is 1. The number of piperazine rings is 2. The zero-order valence-corrected chi connectivity index (χ0v) is 40.5. The summed E-state index contributed by atoms with van der Waals surface area (Å²) in [5.74, 6) is -5.67. The van der Waals surface area contributed by atoms with E-state index in [1.165, 1.54) is 6.20 Å². The molecule has 3 N–H and O–H groups in total. The molecular formula is C50H53F3N10O9S. The van der Waals surface area contributed by atoms with Crippen LogP contribution in [0.5, 0.6) is 0 Å². The van der Waals surface area contributed by atoms with Gasteiger partial charge in [0.15, 0.2) is 5.82 Å². The molecule has 4 amide bonds. The van der Waals surface area contributed by atoms with E-state index in [0.717, 1.165) is 84.1 Å². The lowest BCUT2D eigenvalue weighted by Crippen LogP contribution is -2.54. The van der Waals surface area contributed by atoms with Gasteiger partial charge in [-0.1, -0.05) is 12.1 Å². The number of hydrogen-bond donors (Lipinski definition) is 3. The van der Waals surface area contributed by atoms with Crippen LogP contribution in [-0.2, 0) is 29.3 Å². The van der Waals surface area contributed by atoms with Crippen molar-refractivity contribution >= 4 is 67.7 Å². The van der Waals surface area contributed by atoms with Crippen molar-refractivity contribution in [3.8, 4) is 11.1 Å². The minimum absolute atomic E-state index is 0.00231. The third-order valence-electron chi connectivity index (χ3n) is 14.1. The molecule has 0 saturated carbocycles. The molecule has 73 heavy (non-hydrogen) atoms. The molecule has 2 aromatic heterocycles.